The average molecular weight is 251 g/mol. The summed E-state index contributed by atoms with van der Waals surface area (Å²) in [7, 11) is 0. The van der Waals surface area contributed by atoms with Gasteiger partial charge in [0.05, 0.1) is 19.8 Å². The Kier molecular flexibility index (Phi) is 4.63. The third-order valence-corrected chi connectivity index (χ3v) is 3.12. The number of rotatable bonds is 4. The van der Waals surface area contributed by atoms with E-state index in [1.807, 2.05) is 13.1 Å². The van der Waals surface area contributed by atoms with Crippen molar-refractivity contribution in [3.63, 3.8) is 0 Å². The molecule has 1 fully saturated rings. The van der Waals surface area contributed by atoms with Crippen LogP contribution in [-0.2, 0) is 9.47 Å². The fraction of sp³-hybridized carbons (Fsp3) is 0.692. The highest BCUT2D eigenvalue weighted by molar-refractivity contribution is 5.20. The molecule has 0 aliphatic carbocycles. The zero-order valence-corrected chi connectivity index (χ0v) is 11.3. The third kappa shape index (κ3) is 3.04. The Morgan fingerprint density at radius 2 is 2.33 bits per heavy atom. The summed E-state index contributed by atoms with van der Waals surface area (Å²) in [6.07, 6.45) is 1.77. The number of aryl methyl sites for hydroxylation is 1. The van der Waals surface area contributed by atoms with E-state index in [0.717, 1.165) is 23.6 Å². The molecular weight excluding hydrogens is 230 g/mol. The van der Waals surface area contributed by atoms with Crippen molar-refractivity contribution in [3.8, 4) is 0 Å². The van der Waals surface area contributed by atoms with E-state index >= 15 is 0 Å². The minimum Gasteiger partial charge on any atom is -0.376 e. The van der Waals surface area contributed by atoms with E-state index in [-0.39, 0.29) is 12.1 Å². The number of nitrogens with zero attached hydrogens (tertiary/aromatic N) is 2. The summed E-state index contributed by atoms with van der Waals surface area (Å²) in [6.45, 7) is 8.97. The van der Waals surface area contributed by atoms with E-state index in [9.17, 15) is 0 Å². The van der Waals surface area contributed by atoms with Crippen LogP contribution in [0.15, 0.2) is 6.20 Å². The summed E-state index contributed by atoms with van der Waals surface area (Å²) < 4.78 is 11.0. The SMILES string of the molecule is CCNC(C)c1cnc(C2COCCO2)nc1C. The Balaban J connectivity index is 2.13. The maximum Gasteiger partial charge on any atom is 0.159 e. The molecule has 0 bridgehead atoms. The van der Waals surface area contributed by atoms with Crippen LogP contribution in [0.5, 0.6) is 0 Å². The minimum absolute atomic E-state index is 0.124. The Bertz CT molecular complexity index is 392. The average Bonchev–Trinajstić information content (AvgIpc) is 2.40. The van der Waals surface area contributed by atoms with Gasteiger partial charge in [-0.25, -0.2) is 9.97 Å². The molecule has 5 heteroatoms. The van der Waals surface area contributed by atoms with E-state index in [1.54, 1.807) is 0 Å². The molecule has 18 heavy (non-hydrogen) atoms. The highest BCUT2D eigenvalue weighted by atomic mass is 16.6. The van der Waals surface area contributed by atoms with Crippen LogP contribution in [0, 0.1) is 6.92 Å². The van der Waals surface area contributed by atoms with Crippen LogP contribution in [-0.4, -0.2) is 36.3 Å². The quantitative estimate of drug-likeness (QED) is 0.879. The smallest absolute Gasteiger partial charge is 0.159 e. The fourth-order valence-corrected chi connectivity index (χ4v) is 2.13. The number of nitrogens with one attached hydrogen (secondary N) is 1. The molecule has 2 unspecified atom stereocenters. The van der Waals surface area contributed by atoms with Crippen molar-refractivity contribution >= 4 is 0 Å². The van der Waals surface area contributed by atoms with Crippen LogP contribution in [0.1, 0.15) is 43.1 Å². The first-order chi connectivity index (χ1) is 8.72. The lowest BCUT2D eigenvalue weighted by atomic mass is 10.1. The maximum atomic E-state index is 5.60. The van der Waals surface area contributed by atoms with Crippen molar-refractivity contribution < 1.29 is 9.47 Å². The largest absolute Gasteiger partial charge is 0.376 e. The first-order valence-electron chi connectivity index (χ1n) is 6.48. The number of hydrogen-bond acceptors (Lipinski definition) is 5. The van der Waals surface area contributed by atoms with Gasteiger partial charge in [-0.3, -0.25) is 0 Å². The number of aromatic nitrogens is 2. The first kappa shape index (κ1) is 13.4. The van der Waals surface area contributed by atoms with E-state index in [1.165, 1.54) is 0 Å². The summed E-state index contributed by atoms with van der Waals surface area (Å²) in [5, 5.41) is 3.37. The highest BCUT2D eigenvalue weighted by Gasteiger charge is 2.20. The summed E-state index contributed by atoms with van der Waals surface area (Å²) >= 11 is 0. The minimum atomic E-state index is -0.124. The first-order valence-corrected chi connectivity index (χ1v) is 6.48. The molecule has 0 spiro atoms. The predicted octanol–water partition coefficient (Wildman–Crippen LogP) is 1.54. The molecule has 5 nitrogen and oxygen atoms in total. The number of hydrogen-bond donors (Lipinski definition) is 1. The van der Waals surface area contributed by atoms with Crippen LogP contribution >= 0.6 is 0 Å². The lowest BCUT2D eigenvalue weighted by Crippen LogP contribution is -2.25. The monoisotopic (exact) mass is 251 g/mol. The van der Waals surface area contributed by atoms with Crippen LogP contribution in [0.25, 0.3) is 0 Å². The Morgan fingerprint density at radius 3 is 2.94 bits per heavy atom. The molecular formula is C13H21N3O2. The Labute approximate surface area is 108 Å². The van der Waals surface area contributed by atoms with E-state index in [2.05, 4.69) is 29.1 Å². The third-order valence-electron chi connectivity index (χ3n) is 3.12. The maximum absolute atomic E-state index is 5.60. The molecule has 2 atom stereocenters. The van der Waals surface area contributed by atoms with Crippen molar-refractivity contribution in [1.82, 2.24) is 15.3 Å². The second-order valence-corrected chi connectivity index (χ2v) is 4.48. The van der Waals surface area contributed by atoms with Gasteiger partial charge in [-0.15, -0.1) is 0 Å². The van der Waals surface area contributed by atoms with Gasteiger partial charge in [0.15, 0.2) is 5.82 Å². The molecule has 1 aromatic heterocycles. The second-order valence-electron chi connectivity index (χ2n) is 4.48. The molecule has 2 rings (SSSR count). The summed E-state index contributed by atoms with van der Waals surface area (Å²) in [6, 6.07) is 0.271. The summed E-state index contributed by atoms with van der Waals surface area (Å²) in [5.74, 6) is 0.722. The molecule has 100 valence electrons. The van der Waals surface area contributed by atoms with Crippen molar-refractivity contribution in [2.75, 3.05) is 26.4 Å². The molecule has 2 heterocycles. The van der Waals surface area contributed by atoms with E-state index < -0.39 is 0 Å². The molecule has 0 aromatic carbocycles. The van der Waals surface area contributed by atoms with Gasteiger partial charge in [0.25, 0.3) is 0 Å². The number of ether oxygens (including phenoxy) is 2. The van der Waals surface area contributed by atoms with E-state index in [4.69, 9.17) is 9.47 Å². The van der Waals surface area contributed by atoms with Gasteiger partial charge in [-0.2, -0.15) is 0 Å². The molecule has 0 radical (unpaired) electrons. The summed E-state index contributed by atoms with van der Waals surface area (Å²) in [5.41, 5.74) is 2.14. The van der Waals surface area contributed by atoms with Crippen LogP contribution in [0.2, 0.25) is 0 Å². The Morgan fingerprint density at radius 1 is 1.50 bits per heavy atom. The van der Waals surface area contributed by atoms with Crippen LogP contribution in [0.3, 0.4) is 0 Å². The van der Waals surface area contributed by atoms with Gasteiger partial charge >= 0.3 is 0 Å². The van der Waals surface area contributed by atoms with Gasteiger partial charge < -0.3 is 14.8 Å². The molecule has 1 aliphatic heterocycles. The zero-order valence-electron chi connectivity index (χ0n) is 11.3. The van der Waals surface area contributed by atoms with Crippen molar-refractivity contribution in [2.24, 2.45) is 0 Å². The van der Waals surface area contributed by atoms with Crippen LogP contribution < -0.4 is 5.32 Å². The highest BCUT2D eigenvalue weighted by Crippen LogP contribution is 2.20. The molecule has 1 aliphatic rings. The lowest BCUT2D eigenvalue weighted by Gasteiger charge is -2.22. The van der Waals surface area contributed by atoms with Crippen molar-refractivity contribution in [2.45, 2.75) is 32.9 Å². The molecule has 0 saturated carbocycles. The molecule has 0 amide bonds. The summed E-state index contributed by atoms with van der Waals surface area (Å²) in [4.78, 5) is 8.95. The van der Waals surface area contributed by atoms with Gasteiger partial charge in [-0.05, 0) is 20.4 Å². The fourth-order valence-electron chi connectivity index (χ4n) is 2.13. The molecule has 1 saturated heterocycles. The van der Waals surface area contributed by atoms with Gasteiger partial charge in [0.2, 0.25) is 0 Å². The topological polar surface area (TPSA) is 56.3 Å². The zero-order chi connectivity index (χ0) is 13.0. The van der Waals surface area contributed by atoms with Gasteiger partial charge in [0, 0.05) is 23.5 Å². The van der Waals surface area contributed by atoms with Crippen molar-refractivity contribution in [1.29, 1.82) is 0 Å². The van der Waals surface area contributed by atoms with Crippen molar-refractivity contribution in [3.05, 3.63) is 23.3 Å². The second kappa shape index (κ2) is 6.22. The normalized spacial score (nSPS) is 21.8. The van der Waals surface area contributed by atoms with Gasteiger partial charge in [0.1, 0.15) is 6.10 Å². The lowest BCUT2D eigenvalue weighted by molar-refractivity contribution is -0.0936. The van der Waals surface area contributed by atoms with E-state index in [0.29, 0.717) is 19.8 Å². The predicted molar refractivity (Wildman–Crippen MR) is 68.4 cm³/mol. The molecule has 1 N–H and O–H groups in total. The van der Waals surface area contributed by atoms with Crippen LogP contribution in [0.4, 0.5) is 0 Å². The molecule has 1 aromatic rings. The Hall–Kier alpha value is -1.04. The standard InChI is InChI=1S/C13H21N3O2/c1-4-14-9(2)11-7-15-13(16-10(11)3)12-8-17-5-6-18-12/h7,9,12,14H,4-6,8H2,1-3H3. The van der Waals surface area contributed by atoms with Gasteiger partial charge in [-0.1, -0.05) is 6.92 Å².